The summed E-state index contributed by atoms with van der Waals surface area (Å²) in [5.74, 6) is -0.876. The van der Waals surface area contributed by atoms with E-state index in [1.807, 2.05) is 0 Å². The number of esters is 1. The highest BCUT2D eigenvalue weighted by atomic mass is 32.2. The lowest BCUT2D eigenvalue weighted by molar-refractivity contribution is 0.0436. The Kier molecular flexibility index (Phi) is 6.14. The van der Waals surface area contributed by atoms with Gasteiger partial charge in [0.1, 0.15) is 16.5 Å². The van der Waals surface area contributed by atoms with Gasteiger partial charge in [-0.15, -0.1) is 0 Å². The Hall–Kier alpha value is -2.26. The minimum Gasteiger partial charge on any atom is -0.452 e. The molecule has 0 saturated carbocycles. The van der Waals surface area contributed by atoms with Crippen LogP contribution in [0.4, 0.5) is 4.39 Å². The quantitative estimate of drug-likeness (QED) is 0.682. The lowest BCUT2D eigenvalue weighted by Crippen LogP contribution is -2.31. The topological polar surface area (TPSA) is 89.7 Å². The summed E-state index contributed by atoms with van der Waals surface area (Å²) in [6, 6.07) is 3.09. The molecule has 1 aromatic carbocycles. The van der Waals surface area contributed by atoms with Crippen LogP contribution in [0.2, 0.25) is 0 Å². The van der Waals surface area contributed by atoms with Gasteiger partial charge in [-0.2, -0.15) is 4.31 Å². The number of aromatic nitrogens is 1. The van der Waals surface area contributed by atoms with Crippen molar-refractivity contribution in [3.8, 4) is 0 Å². The number of ether oxygens (including phenoxy) is 1. The third-order valence-electron chi connectivity index (χ3n) is 3.89. The van der Waals surface area contributed by atoms with Crippen molar-refractivity contribution in [3.05, 3.63) is 46.9 Å². The number of rotatable bonds is 7. The molecular formula is C17H21FN2O5S. The fraction of sp³-hybridized carbons (Fsp3) is 0.412. The lowest BCUT2D eigenvalue weighted by atomic mass is 10.2. The van der Waals surface area contributed by atoms with Crippen LogP contribution in [0, 0.1) is 19.7 Å². The third-order valence-corrected chi connectivity index (χ3v) is 5.95. The van der Waals surface area contributed by atoms with E-state index in [0.717, 1.165) is 16.4 Å². The first kappa shape index (κ1) is 20.1. The Morgan fingerprint density at radius 2 is 1.92 bits per heavy atom. The van der Waals surface area contributed by atoms with Crippen molar-refractivity contribution in [1.29, 1.82) is 0 Å². The van der Waals surface area contributed by atoms with Gasteiger partial charge in [0.2, 0.25) is 15.9 Å². The summed E-state index contributed by atoms with van der Waals surface area (Å²) < 4.78 is 50.6. The van der Waals surface area contributed by atoms with Gasteiger partial charge < -0.3 is 9.15 Å². The van der Waals surface area contributed by atoms with Gasteiger partial charge in [0.05, 0.1) is 11.3 Å². The maximum absolute atomic E-state index is 14.1. The van der Waals surface area contributed by atoms with Crippen molar-refractivity contribution in [1.82, 2.24) is 9.29 Å². The maximum atomic E-state index is 14.1. The number of carbonyl (C=O) groups is 1. The molecule has 26 heavy (non-hydrogen) atoms. The Morgan fingerprint density at radius 3 is 2.46 bits per heavy atom. The number of sulfonamides is 1. The Balaban J connectivity index is 2.24. The first-order chi connectivity index (χ1) is 12.2. The van der Waals surface area contributed by atoms with Gasteiger partial charge in [-0.3, -0.25) is 0 Å². The molecule has 0 aliphatic heterocycles. The summed E-state index contributed by atoms with van der Waals surface area (Å²) in [5.41, 5.74) is 0.613. The smallest absolute Gasteiger partial charge is 0.338 e. The molecule has 0 bridgehead atoms. The molecular weight excluding hydrogens is 363 g/mol. The molecule has 0 radical (unpaired) electrons. The molecule has 9 heteroatoms. The number of nitrogens with zero attached hydrogens (tertiary/aromatic N) is 2. The molecule has 1 heterocycles. The molecule has 142 valence electrons. The van der Waals surface area contributed by atoms with Gasteiger partial charge in [-0.1, -0.05) is 13.8 Å². The van der Waals surface area contributed by atoms with Crippen molar-refractivity contribution >= 4 is 16.0 Å². The van der Waals surface area contributed by atoms with E-state index < -0.39 is 26.7 Å². The number of oxazole rings is 1. The Labute approximate surface area is 151 Å². The van der Waals surface area contributed by atoms with Crippen molar-refractivity contribution in [2.45, 2.75) is 39.2 Å². The van der Waals surface area contributed by atoms with Crippen molar-refractivity contribution < 1.29 is 26.8 Å². The normalized spacial score (nSPS) is 11.8. The second-order valence-electron chi connectivity index (χ2n) is 5.56. The molecule has 7 nitrogen and oxygen atoms in total. The van der Waals surface area contributed by atoms with E-state index in [-0.39, 0.29) is 31.2 Å². The molecule has 0 aliphatic rings. The number of benzene rings is 1. The summed E-state index contributed by atoms with van der Waals surface area (Å²) in [7, 11) is -4.04. The fourth-order valence-corrected chi connectivity index (χ4v) is 3.89. The predicted molar refractivity (Wildman–Crippen MR) is 91.6 cm³/mol. The van der Waals surface area contributed by atoms with Crippen molar-refractivity contribution in [3.63, 3.8) is 0 Å². The fourth-order valence-electron chi connectivity index (χ4n) is 2.34. The highest BCUT2D eigenvalue weighted by Gasteiger charge is 2.26. The first-order valence-electron chi connectivity index (χ1n) is 8.10. The number of carbonyl (C=O) groups excluding carboxylic acids is 1. The zero-order chi connectivity index (χ0) is 19.5. The molecule has 2 rings (SSSR count). The molecule has 0 N–H and O–H groups in total. The van der Waals surface area contributed by atoms with E-state index in [1.54, 1.807) is 27.7 Å². The van der Waals surface area contributed by atoms with Crippen LogP contribution in [0.3, 0.4) is 0 Å². The lowest BCUT2D eigenvalue weighted by Gasteiger charge is -2.19. The molecule has 0 amide bonds. The van der Waals surface area contributed by atoms with Crippen LogP contribution >= 0.6 is 0 Å². The van der Waals surface area contributed by atoms with Crippen LogP contribution in [0.5, 0.6) is 0 Å². The molecule has 2 aromatic rings. The molecule has 0 saturated heterocycles. The van der Waals surface area contributed by atoms with E-state index in [0.29, 0.717) is 11.5 Å². The van der Waals surface area contributed by atoms with Gasteiger partial charge >= 0.3 is 5.97 Å². The standard InChI is InChI=1S/C17H21FN2O5S/c1-5-20(6-2)26(22,23)15-9-13(7-8-14(15)18)17(21)24-10-16-19-11(3)12(4)25-16/h7-9H,5-6,10H2,1-4H3. The van der Waals surface area contributed by atoms with Gasteiger partial charge in [-0.05, 0) is 32.0 Å². The number of aryl methyl sites for hydroxylation is 2. The van der Waals surface area contributed by atoms with Crippen LogP contribution in [-0.4, -0.2) is 36.8 Å². The van der Waals surface area contributed by atoms with Crippen LogP contribution in [0.1, 0.15) is 41.6 Å². The van der Waals surface area contributed by atoms with Gasteiger partial charge in [0, 0.05) is 13.1 Å². The maximum Gasteiger partial charge on any atom is 0.338 e. The van der Waals surface area contributed by atoms with E-state index in [1.165, 1.54) is 6.07 Å². The third kappa shape index (κ3) is 4.10. The summed E-state index contributed by atoms with van der Waals surface area (Å²) in [6.45, 7) is 6.97. The predicted octanol–water partition coefficient (Wildman–Crippen LogP) is 2.82. The second-order valence-corrected chi connectivity index (χ2v) is 7.47. The number of halogens is 1. The second kappa shape index (κ2) is 7.96. The van der Waals surface area contributed by atoms with E-state index in [4.69, 9.17) is 9.15 Å². The van der Waals surface area contributed by atoms with Gasteiger partial charge in [-0.25, -0.2) is 22.6 Å². The zero-order valence-corrected chi connectivity index (χ0v) is 15.9. The molecule has 0 unspecified atom stereocenters. The average Bonchev–Trinajstić information content (AvgIpc) is 2.92. The summed E-state index contributed by atoms with van der Waals surface area (Å²) in [4.78, 5) is 15.7. The van der Waals surface area contributed by atoms with Crippen LogP contribution in [0.25, 0.3) is 0 Å². The minimum atomic E-state index is -4.04. The summed E-state index contributed by atoms with van der Waals surface area (Å²) in [6.07, 6.45) is 0. The Morgan fingerprint density at radius 1 is 1.27 bits per heavy atom. The van der Waals surface area contributed by atoms with Crippen LogP contribution < -0.4 is 0 Å². The average molecular weight is 384 g/mol. The minimum absolute atomic E-state index is 0.0721. The van der Waals surface area contributed by atoms with E-state index in [2.05, 4.69) is 4.98 Å². The highest BCUT2D eigenvalue weighted by Crippen LogP contribution is 2.21. The van der Waals surface area contributed by atoms with Gasteiger partial charge in [0.15, 0.2) is 6.61 Å². The molecule has 0 spiro atoms. The van der Waals surface area contributed by atoms with E-state index in [9.17, 15) is 17.6 Å². The monoisotopic (exact) mass is 384 g/mol. The van der Waals surface area contributed by atoms with Crippen LogP contribution in [-0.2, 0) is 21.4 Å². The largest absolute Gasteiger partial charge is 0.452 e. The molecule has 0 atom stereocenters. The summed E-state index contributed by atoms with van der Waals surface area (Å²) in [5, 5.41) is 0. The SMILES string of the molecule is CCN(CC)S(=O)(=O)c1cc(C(=O)OCc2nc(C)c(C)o2)ccc1F. The zero-order valence-electron chi connectivity index (χ0n) is 15.1. The highest BCUT2D eigenvalue weighted by molar-refractivity contribution is 7.89. The van der Waals surface area contributed by atoms with E-state index >= 15 is 0 Å². The van der Waals surface area contributed by atoms with Crippen molar-refractivity contribution in [2.75, 3.05) is 13.1 Å². The molecule has 0 aliphatic carbocycles. The Bertz CT molecular complexity index is 884. The first-order valence-corrected chi connectivity index (χ1v) is 9.54. The molecule has 0 fully saturated rings. The number of hydrogen-bond acceptors (Lipinski definition) is 6. The number of hydrogen-bond donors (Lipinski definition) is 0. The van der Waals surface area contributed by atoms with Crippen molar-refractivity contribution in [2.24, 2.45) is 0 Å². The van der Waals surface area contributed by atoms with Crippen LogP contribution in [0.15, 0.2) is 27.5 Å². The summed E-state index contributed by atoms with van der Waals surface area (Å²) >= 11 is 0. The molecule has 1 aromatic heterocycles. The van der Waals surface area contributed by atoms with Gasteiger partial charge in [0.25, 0.3) is 0 Å².